The van der Waals surface area contributed by atoms with Gasteiger partial charge in [0, 0.05) is 25.2 Å². The second-order valence-electron chi connectivity index (χ2n) is 7.51. The quantitative estimate of drug-likeness (QED) is 0.851. The summed E-state index contributed by atoms with van der Waals surface area (Å²) in [6, 6.07) is 8.10. The Balaban J connectivity index is 1.58. The van der Waals surface area contributed by atoms with Crippen LogP contribution in [0.5, 0.6) is 5.75 Å². The molecule has 1 unspecified atom stereocenters. The Kier molecular flexibility index (Phi) is 5.76. The van der Waals surface area contributed by atoms with E-state index in [1.54, 1.807) is 0 Å². The van der Waals surface area contributed by atoms with Gasteiger partial charge in [-0.2, -0.15) is 0 Å². The standard InChI is InChI=1S/C19H30N2O3/c1-20-14-17(23)12-19(15-20)6-8-21(9-7-19)13-16-4-2-3-5-18(16)24-11-10-22/h2-5,17,22-23H,6-15H2,1H3. The van der Waals surface area contributed by atoms with Crippen LogP contribution < -0.4 is 4.74 Å². The Morgan fingerprint density at radius 2 is 2.00 bits per heavy atom. The number of piperidine rings is 2. The minimum Gasteiger partial charge on any atom is -0.491 e. The third-order valence-corrected chi connectivity index (χ3v) is 5.43. The number of aliphatic hydroxyl groups is 2. The number of hydrogen-bond donors (Lipinski definition) is 2. The summed E-state index contributed by atoms with van der Waals surface area (Å²) in [5.41, 5.74) is 1.47. The normalized spacial score (nSPS) is 25.0. The van der Waals surface area contributed by atoms with Crippen LogP contribution in [0, 0.1) is 5.41 Å². The third-order valence-electron chi connectivity index (χ3n) is 5.43. The minimum atomic E-state index is -0.178. The maximum absolute atomic E-state index is 10.1. The van der Waals surface area contributed by atoms with Gasteiger partial charge in [-0.15, -0.1) is 0 Å². The van der Waals surface area contributed by atoms with E-state index in [0.717, 1.165) is 57.7 Å². The van der Waals surface area contributed by atoms with Gasteiger partial charge in [0.2, 0.25) is 0 Å². The third kappa shape index (κ3) is 4.28. The van der Waals surface area contributed by atoms with Crippen molar-refractivity contribution in [3.63, 3.8) is 0 Å². The Bertz CT molecular complexity index is 517. The molecule has 24 heavy (non-hydrogen) atoms. The van der Waals surface area contributed by atoms with Crippen molar-refractivity contribution in [2.24, 2.45) is 5.41 Å². The Morgan fingerprint density at radius 1 is 1.25 bits per heavy atom. The van der Waals surface area contributed by atoms with Crippen molar-refractivity contribution in [1.29, 1.82) is 0 Å². The topological polar surface area (TPSA) is 56.2 Å². The van der Waals surface area contributed by atoms with Gasteiger partial charge in [-0.1, -0.05) is 18.2 Å². The van der Waals surface area contributed by atoms with Crippen molar-refractivity contribution < 1.29 is 14.9 Å². The predicted molar refractivity (Wildman–Crippen MR) is 94.1 cm³/mol. The molecule has 2 N–H and O–H groups in total. The second kappa shape index (κ2) is 7.83. The molecule has 5 heteroatoms. The van der Waals surface area contributed by atoms with Gasteiger partial charge in [-0.3, -0.25) is 4.90 Å². The van der Waals surface area contributed by atoms with Gasteiger partial charge in [0.15, 0.2) is 0 Å². The highest BCUT2D eigenvalue weighted by molar-refractivity contribution is 5.33. The summed E-state index contributed by atoms with van der Waals surface area (Å²) in [7, 11) is 2.12. The molecule has 2 heterocycles. The monoisotopic (exact) mass is 334 g/mol. The first-order valence-corrected chi connectivity index (χ1v) is 9.01. The molecule has 1 aromatic carbocycles. The highest BCUT2D eigenvalue weighted by Gasteiger charge is 2.40. The van der Waals surface area contributed by atoms with Crippen LogP contribution in [-0.2, 0) is 6.54 Å². The van der Waals surface area contributed by atoms with Crippen LogP contribution in [0.25, 0.3) is 0 Å². The van der Waals surface area contributed by atoms with E-state index < -0.39 is 0 Å². The van der Waals surface area contributed by atoms with Crippen LogP contribution in [0.3, 0.4) is 0 Å². The fourth-order valence-electron chi connectivity index (χ4n) is 4.35. The van der Waals surface area contributed by atoms with Crippen LogP contribution >= 0.6 is 0 Å². The molecule has 1 atom stereocenters. The van der Waals surface area contributed by atoms with Gasteiger partial charge in [0.05, 0.1) is 12.7 Å². The SMILES string of the molecule is CN1CC(O)CC2(CCN(Cc3ccccc3OCCO)CC2)C1. The van der Waals surface area contributed by atoms with Crippen molar-refractivity contribution in [3.8, 4) is 5.75 Å². The van der Waals surface area contributed by atoms with E-state index in [1.165, 1.54) is 5.56 Å². The number of β-amino-alcohol motifs (C(OH)–C–C–N with tert-alkyl or cyclic N) is 1. The lowest BCUT2D eigenvalue weighted by atomic mass is 9.71. The second-order valence-corrected chi connectivity index (χ2v) is 7.51. The number of hydrogen-bond acceptors (Lipinski definition) is 5. The number of ether oxygens (including phenoxy) is 1. The van der Waals surface area contributed by atoms with Crippen LogP contribution in [0.2, 0.25) is 0 Å². The van der Waals surface area contributed by atoms with Crippen LogP contribution in [0.4, 0.5) is 0 Å². The number of para-hydroxylation sites is 1. The maximum Gasteiger partial charge on any atom is 0.123 e. The highest BCUT2D eigenvalue weighted by atomic mass is 16.5. The number of nitrogens with zero attached hydrogens (tertiary/aromatic N) is 2. The average Bonchev–Trinajstić information content (AvgIpc) is 2.55. The van der Waals surface area contributed by atoms with E-state index in [9.17, 15) is 5.11 Å². The average molecular weight is 334 g/mol. The molecule has 0 amide bonds. The molecule has 134 valence electrons. The first-order valence-electron chi connectivity index (χ1n) is 9.01. The Hall–Kier alpha value is -1.14. The van der Waals surface area contributed by atoms with E-state index in [-0.39, 0.29) is 18.1 Å². The van der Waals surface area contributed by atoms with Crippen LogP contribution in [0.1, 0.15) is 24.8 Å². The summed E-state index contributed by atoms with van der Waals surface area (Å²) in [5, 5.41) is 19.1. The molecule has 0 aromatic heterocycles. The molecule has 5 nitrogen and oxygen atoms in total. The van der Waals surface area contributed by atoms with Crippen molar-refractivity contribution >= 4 is 0 Å². The summed E-state index contributed by atoms with van der Waals surface area (Å²) in [5.74, 6) is 0.875. The molecular weight excluding hydrogens is 304 g/mol. The zero-order chi connectivity index (χ0) is 17.0. The lowest BCUT2D eigenvalue weighted by Crippen LogP contribution is -2.52. The maximum atomic E-state index is 10.1. The van der Waals surface area contributed by atoms with E-state index in [1.807, 2.05) is 18.2 Å². The molecule has 2 aliphatic rings. The molecule has 1 aromatic rings. The van der Waals surface area contributed by atoms with Crippen molar-refractivity contribution in [2.75, 3.05) is 46.4 Å². The molecular formula is C19H30N2O3. The summed E-state index contributed by atoms with van der Waals surface area (Å²) < 4.78 is 5.65. The summed E-state index contributed by atoms with van der Waals surface area (Å²) >= 11 is 0. The molecule has 2 fully saturated rings. The number of likely N-dealkylation sites (tertiary alicyclic amines) is 2. The minimum absolute atomic E-state index is 0.0381. The molecule has 1 spiro atoms. The molecule has 0 aliphatic carbocycles. The Morgan fingerprint density at radius 3 is 2.71 bits per heavy atom. The number of aliphatic hydroxyl groups excluding tert-OH is 2. The van der Waals surface area contributed by atoms with Crippen molar-refractivity contribution in [2.45, 2.75) is 31.9 Å². The first kappa shape index (κ1) is 17.7. The highest BCUT2D eigenvalue weighted by Crippen LogP contribution is 2.40. The first-order chi connectivity index (χ1) is 11.6. The van der Waals surface area contributed by atoms with Gasteiger partial charge in [0.1, 0.15) is 12.4 Å². The number of rotatable bonds is 5. The number of benzene rings is 1. The predicted octanol–water partition coefficient (Wildman–Crippen LogP) is 1.34. The van der Waals surface area contributed by atoms with Gasteiger partial charge in [0.25, 0.3) is 0 Å². The van der Waals surface area contributed by atoms with Gasteiger partial charge >= 0.3 is 0 Å². The number of likely N-dealkylation sites (N-methyl/N-ethyl adjacent to an activating group) is 1. The summed E-state index contributed by atoms with van der Waals surface area (Å²) in [6.07, 6.45) is 3.06. The fraction of sp³-hybridized carbons (Fsp3) is 0.684. The van der Waals surface area contributed by atoms with Crippen molar-refractivity contribution in [3.05, 3.63) is 29.8 Å². The van der Waals surface area contributed by atoms with E-state index >= 15 is 0 Å². The Labute approximate surface area is 144 Å². The lowest BCUT2D eigenvalue weighted by Gasteiger charge is -2.48. The summed E-state index contributed by atoms with van der Waals surface area (Å²) in [4.78, 5) is 4.76. The van der Waals surface area contributed by atoms with E-state index in [2.05, 4.69) is 22.9 Å². The smallest absolute Gasteiger partial charge is 0.123 e. The van der Waals surface area contributed by atoms with Crippen LogP contribution in [0.15, 0.2) is 24.3 Å². The van der Waals surface area contributed by atoms with Gasteiger partial charge in [-0.05, 0) is 50.9 Å². The largest absolute Gasteiger partial charge is 0.491 e. The lowest BCUT2D eigenvalue weighted by molar-refractivity contribution is -0.0331. The zero-order valence-electron chi connectivity index (χ0n) is 14.7. The molecule has 0 radical (unpaired) electrons. The molecule has 2 saturated heterocycles. The fourth-order valence-corrected chi connectivity index (χ4v) is 4.35. The van der Waals surface area contributed by atoms with E-state index in [4.69, 9.17) is 9.84 Å². The molecule has 3 rings (SSSR count). The van der Waals surface area contributed by atoms with Crippen molar-refractivity contribution in [1.82, 2.24) is 9.80 Å². The molecule has 2 aliphatic heterocycles. The molecule has 0 saturated carbocycles. The molecule has 0 bridgehead atoms. The van der Waals surface area contributed by atoms with Gasteiger partial charge in [-0.25, -0.2) is 0 Å². The van der Waals surface area contributed by atoms with E-state index in [0.29, 0.717) is 6.61 Å². The zero-order valence-corrected chi connectivity index (χ0v) is 14.7. The van der Waals surface area contributed by atoms with Crippen LogP contribution in [-0.4, -0.2) is 72.6 Å². The van der Waals surface area contributed by atoms with Gasteiger partial charge < -0.3 is 19.8 Å². The summed E-state index contributed by atoms with van der Waals surface area (Å²) in [6.45, 7) is 5.30.